The molecule has 0 bridgehead atoms. The molecule has 286 valence electrons. The predicted octanol–water partition coefficient (Wildman–Crippen LogP) is 17.7. The molecule has 61 heavy (non-hydrogen) atoms. The van der Waals surface area contributed by atoms with Crippen LogP contribution in [0.25, 0.3) is 95.6 Å². The Hall–Kier alpha value is -7.30. The Balaban J connectivity index is 1.18. The Morgan fingerprint density at radius 3 is 1.39 bits per heavy atom. The van der Waals surface area contributed by atoms with Crippen LogP contribution >= 0.6 is 22.7 Å². The molecule has 0 atom stereocenters. The van der Waals surface area contributed by atoms with Crippen molar-refractivity contribution in [1.82, 2.24) is 0 Å². The van der Waals surface area contributed by atoms with E-state index in [0.717, 1.165) is 5.69 Å². The smallest absolute Gasteiger partial charge is 0.0555 e. The minimum absolute atomic E-state index is 1.15. The van der Waals surface area contributed by atoms with E-state index in [1.54, 1.807) is 0 Å². The monoisotopic (exact) mass is 811 g/mol. The number of nitrogens with zero attached hydrogens (tertiary/aromatic N) is 1. The van der Waals surface area contributed by atoms with E-state index in [0.29, 0.717) is 0 Å². The summed E-state index contributed by atoms with van der Waals surface area (Å²) in [5, 5.41) is 7.50. The van der Waals surface area contributed by atoms with E-state index in [9.17, 15) is 0 Å². The van der Waals surface area contributed by atoms with Gasteiger partial charge in [-0.25, -0.2) is 0 Å². The van der Waals surface area contributed by atoms with Gasteiger partial charge in [0.2, 0.25) is 0 Å². The molecule has 0 aliphatic carbocycles. The highest BCUT2D eigenvalue weighted by atomic mass is 32.1. The van der Waals surface area contributed by atoms with Crippen molar-refractivity contribution < 1.29 is 0 Å². The molecule has 10 aromatic carbocycles. The lowest BCUT2D eigenvalue weighted by atomic mass is 9.95. The van der Waals surface area contributed by atoms with E-state index in [4.69, 9.17) is 0 Å². The van der Waals surface area contributed by atoms with Gasteiger partial charge in [-0.3, -0.25) is 0 Å². The number of fused-ring (bicyclic) bond motifs is 7. The first kappa shape index (κ1) is 35.6. The third-order valence-electron chi connectivity index (χ3n) is 12.1. The summed E-state index contributed by atoms with van der Waals surface area (Å²) in [5.41, 5.74) is 13.3. The van der Waals surface area contributed by atoms with Crippen molar-refractivity contribution in [2.75, 3.05) is 4.90 Å². The summed E-state index contributed by atoms with van der Waals surface area (Å²) in [5.74, 6) is 0. The summed E-state index contributed by atoms with van der Waals surface area (Å²) >= 11 is 3.78. The summed E-state index contributed by atoms with van der Waals surface area (Å²) in [6.45, 7) is 0. The third kappa shape index (κ3) is 6.04. The number of rotatable bonds is 7. The molecule has 0 aliphatic rings. The predicted molar refractivity (Wildman–Crippen MR) is 266 cm³/mol. The molecule has 3 heteroatoms. The standard InChI is InChI=1S/C58H37NS2/c1-5-16-38(17-6-1)42-28-30-48-54(36-42)60-53-27-15-26-51(56(48)53)59(50-34-32-44(40-20-9-3-10-21-40)46-24-13-14-25-47(46)50)52-35-33-45(41-22-11-4-12-23-41)58-57(52)49-31-29-43(37-55(49)61-58)39-18-7-2-8-19-39/h1-37H. The summed E-state index contributed by atoms with van der Waals surface area (Å²) in [6, 6.07) is 82.4. The average Bonchev–Trinajstić information content (AvgIpc) is 3.91. The molecule has 0 N–H and O–H groups in total. The molecule has 0 aliphatic heterocycles. The second-order valence-corrected chi connectivity index (χ2v) is 17.7. The van der Waals surface area contributed by atoms with E-state index in [-0.39, 0.29) is 0 Å². The molecule has 0 unspecified atom stereocenters. The van der Waals surface area contributed by atoms with Crippen molar-refractivity contribution in [3.63, 3.8) is 0 Å². The number of anilines is 3. The molecule has 2 aromatic heterocycles. The largest absolute Gasteiger partial charge is 0.309 e. The van der Waals surface area contributed by atoms with Crippen molar-refractivity contribution in [3.8, 4) is 44.5 Å². The maximum absolute atomic E-state index is 2.57. The van der Waals surface area contributed by atoms with Crippen molar-refractivity contribution in [2.24, 2.45) is 0 Å². The van der Waals surface area contributed by atoms with Gasteiger partial charge in [-0.05, 0) is 86.3 Å². The average molecular weight is 812 g/mol. The van der Waals surface area contributed by atoms with Crippen LogP contribution in [-0.4, -0.2) is 0 Å². The minimum Gasteiger partial charge on any atom is -0.309 e. The Bertz CT molecular complexity index is 3570. The molecule has 0 saturated carbocycles. The van der Waals surface area contributed by atoms with Gasteiger partial charge in [0, 0.05) is 45.7 Å². The first-order valence-corrected chi connectivity index (χ1v) is 22.4. The molecule has 0 radical (unpaired) electrons. The fraction of sp³-hybridized carbons (Fsp3) is 0. The van der Waals surface area contributed by atoms with Gasteiger partial charge < -0.3 is 4.90 Å². The Labute approximate surface area is 362 Å². The van der Waals surface area contributed by atoms with Gasteiger partial charge in [0.15, 0.2) is 0 Å². The van der Waals surface area contributed by atoms with Gasteiger partial charge in [-0.15, -0.1) is 22.7 Å². The third-order valence-corrected chi connectivity index (χ3v) is 14.4. The first-order valence-electron chi connectivity index (χ1n) is 20.7. The highest BCUT2D eigenvalue weighted by Gasteiger charge is 2.26. The SMILES string of the molecule is c1ccc(-c2ccc3c(c2)sc2cccc(N(c4ccc(-c5ccccc5)c5ccccc45)c4ccc(-c5ccccc5)c5sc6cc(-c7ccccc7)ccc6c45)c23)cc1. The van der Waals surface area contributed by atoms with Crippen molar-refractivity contribution in [2.45, 2.75) is 0 Å². The van der Waals surface area contributed by atoms with Crippen molar-refractivity contribution in [1.29, 1.82) is 0 Å². The van der Waals surface area contributed by atoms with Crippen LogP contribution in [-0.2, 0) is 0 Å². The zero-order valence-electron chi connectivity index (χ0n) is 33.1. The lowest BCUT2D eigenvalue weighted by Crippen LogP contribution is -2.11. The summed E-state index contributed by atoms with van der Waals surface area (Å²) < 4.78 is 5.12. The van der Waals surface area contributed by atoms with Crippen molar-refractivity contribution in [3.05, 3.63) is 224 Å². The highest BCUT2D eigenvalue weighted by molar-refractivity contribution is 7.26. The van der Waals surface area contributed by atoms with Gasteiger partial charge in [-0.1, -0.05) is 188 Å². The number of hydrogen-bond donors (Lipinski definition) is 0. The maximum atomic E-state index is 2.57. The first-order chi connectivity index (χ1) is 30.3. The lowest BCUT2D eigenvalue weighted by molar-refractivity contribution is 1.34. The minimum atomic E-state index is 1.15. The van der Waals surface area contributed by atoms with E-state index in [1.165, 1.54) is 107 Å². The molecular formula is C58H37NS2. The molecule has 0 spiro atoms. The Kier molecular flexibility index (Phi) is 8.62. The van der Waals surface area contributed by atoms with Crippen LogP contribution in [0.3, 0.4) is 0 Å². The maximum Gasteiger partial charge on any atom is 0.0555 e. The molecule has 1 nitrogen and oxygen atoms in total. The fourth-order valence-corrected chi connectivity index (χ4v) is 11.7. The van der Waals surface area contributed by atoms with Crippen LogP contribution in [0.4, 0.5) is 17.1 Å². The molecular weight excluding hydrogens is 775 g/mol. The second kappa shape index (κ2) is 14.8. The van der Waals surface area contributed by atoms with Gasteiger partial charge in [-0.2, -0.15) is 0 Å². The van der Waals surface area contributed by atoms with E-state index in [2.05, 4.69) is 229 Å². The van der Waals surface area contributed by atoms with E-state index in [1.807, 2.05) is 22.7 Å². The van der Waals surface area contributed by atoms with Crippen LogP contribution in [0.15, 0.2) is 224 Å². The molecule has 12 aromatic rings. The number of benzene rings is 10. The number of thiophene rings is 2. The normalized spacial score (nSPS) is 11.6. The molecule has 0 saturated heterocycles. The lowest BCUT2D eigenvalue weighted by Gasteiger charge is -2.29. The van der Waals surface area contributed by atoms with Gasteiger partial charge in [0.1, 0.15) is 0 Å². The summed E-state index contributed by atoms with van der Waals surface area (Å²) in [7, 11) is 0. The summed E-state index contributed by atoms with van der Waals surface area (Å²) in [6.07, 6.45) is 0. The van der Waals surface area contributed by atoms with Gasteiger partial charge in [0.25, 0.3) is 0 Å². The van der Waals surface area contributed by atoms with E-state index < -0.39 is 0 Å². The number of hydrogen-bond acceptors (Lipinski definition) is 3. The highest BCUT2D eigenvalue weighted by Crippen LogP contribution is 2.53. The van der Waals surface area contributed by atoms with Crippen LogP contribution in [0.5, 0.6) is 0 Å². The second-order valence-electron chi connectivity index (χ2n) is 15.6. The molecule has 2 heterocycles. The van der Waals surface area contributed by atoms with Crippen molar-refractivity contribution >= 4 is 90.9 Å². The Morgan fingerprint density at radius 2 is 0.754 bits per heavy atom. The molecule has 12 rings (SSSR count). The fourth-order valence-electron chi connectivity index (χ4n) is 9.24. The molecule has 0 fully saturated rings. The molecule has 0 amide bonds. The van der Waals surface area contributed by atoms with Crippen LogP contribution in [0.2, 0.25) is 0 Å². The summed E-state index contributed by atoms with van der Waals surface area (Å²) in [4.78, 5) is 2.57. The quantitative estimate of drug-likeness (QED) is 0.155. The zero-order chi connectivity index (χ0) is 40.3. The van der Waals surface area contributed by atoms with E-state index >= 15 is 0 Å². The topological polar surface area (TPSA) is 3.24 Å². The van der Waals surface area contributed by atoms with Gasteiger partial charge >= 0.3 is 0 Å². The van der Waals surface area contributed by atoms with Crippen LogP contribution < -0.4 is 4.90 Å². The van der Waals surface area contributed by atoms with Crippen LogP contribution in [0.1, 0.15) is 0 Å². The van der Waals surface area contributed by atoms with Crippen LogP contribution in [0, 0.1) is 0 Å². The van der Waals surface area contributed by atoms with Gasteiger partial charge in [0.05, 0.1) is 17.1 Å². The zero-order valence-corrected chi connectivity index (χ0v) is 34.8. The Morgan fingerprint density at radius 1 is 0.262 bits per heavy atom.